The van der Waals surface area contributed by atoms with Crippen LogP contribution in [-0.2, 0) is 6.54 Å². The van der Waals surface area contributed by atoms with Crippen molar-refractivity contribution in [1.82, 2.24) is 24.7 Å². The second-order valence-corrected chi connectivity index (χ2v) is 6.16. The van der Waals surface area contributed by atoms with Gasteiger partial charge >= 0.3 is 6.01 Å². The molecule has 0 bridgehead atoms. The SMILES string of the molecule is CCNc1nc(NCC)nc(Oc2ccc(=O)n(Cc3ccc(Cl)cc3)n2)n1. The number of halogens is 1. The van der Waals surface area contributed by atoms with Gasteiger partial charge in [0.05, 0.1) is 6.54 Å². The van der Waals surface area contributed by atoms with Gasteiger partial charge in [-0.2, -0.15) is 15.0 Å². The van der Waals surface area contributed by atoms with Gasteiger partial charge in [0.2, 0.25) is 17.8 Å². The summed E-state index contributed by atoms with van der Waals surface area (Å²) in [5, 5.41) is 10.9. The Labute approximate surface area is 166 Å². The van der Waals surface area contributed by atoms with Crippen LogP contribution in [0.15, 0.2) is 41.2 Å². The van der Waals surface area contributed by atoms with Crippen molar-refractivity contribution in [3.63, 3.8) is 0 Å². The summed E-state index contributed by atoms with van der Waals surface area (Å²) in [6.45, 7) is 5.46. The third-order valence-electron chi connectivity index (χ3n) is 3.57. The number of anilines is 2. The lowest BCUT2D eigenvalue weighted by Crippen LogP contribution is -2.22. The zero-order valence-corrected chi connectivity index (χ0v) is 16.3. The van der Waals surface area contributed by atoms with Crippen LogP contribution in [0.1, 0.15) is 19.4 Å². The Kier molecular flexibility index (Phi) is 6.38. The quantitative estimate of drug-likeness (QED) is 0.593. The van der Waals surface area contributed by atoms with E-state index in [-0.39, 0.29) is 24.0 Å². The Hall–Kier alpha value is -3.20. The first-order valence-corrected chi connectivity index (χ1v) is 9.19. The fourth-order valence-corrected chi connectivity index (χ4v) is 2.46. The number of aromatic nitrogens is 5. The van der Waals surface area contributed by atoms with E-state index in [1.807, 2.05) is 26.0 Å². The van der Waals surface area contributed by atoms with Gasteiger partial charge in [-0.3, -0.25) is 4.79 Å². The summed E-state index contributed by atoms with van der Waals surface area (Å²) in [5.74, 6) is 0.973. The van der Waals surface area contributed by atoms with E-state index < -0.39 is 0 Å². The molecule has 10 heteroatoms. The number of nitrogens with one attached hydrogen (secondary N) is 2. The minimum absolute atomic E-state index is 0.0751. The Morgan fingerprint density at radius 1 is 0.964 bits per heavy atom. The average molecular weight is 402 g/mol. The maximum absolute atomic E-state index is 12.1. The molecule has 0 aliphatic heterocycles. The summed E-state index contributed by atoms with van der Waals surface area (Å²) >= 11 is 5.90. The maximum atomic E-state index is 12.1. The van der Waals surface area contributed by atoms with Gasteiger partial charge in [0.25, 0.3) is 5.56 Å². The van der Waals surface area contributed by atoms with Crippen LogP contribution in [0.4, 0.5) is 11.9 Å². The number of hydrogen-bond donors (Lipinski definition) is 2. The maximum Gasteiger partial charge on any atom is 0.330 e. The van der Waals surface area contributed by atoms with E-state index in [2.05, 4.69) is 30.7 Å². The summed E-state index contributed by atoms with van der Waals surface area (Å²) in [7, 11) is 0. The molecule has 0 amide bonds. The second-order valence-electron chi connectivity index (χ2n) is 5.72. The van der Waals surface area contributed by atoms with Gasteiger partial charge < -0.3 is 15.4 Å². The Morgan fingerprint density at radius 3 is 2.21 bits per heavy atom. The topological polar surface area (TPSA) is 107 Å². The van der Waals surface area contributed by atoms with Gasteiger partial charge in [0.1, 0.15) is 0 Å². The van der Waals surface area contributed by atoms with E-state index in [0.29, 0.717) is 30.0 Å². The molecule has 3 aromatic rings. The van der Waals surface area contributed by atoms with Gasteiger partial charge in [0, 0.05) is 30.2 Å². The first-order chi connectivity index (χ1) is 13.6. The van der Waals surface area contributed by atoms with Gasteiger partial charge in [-0.25, -0.2) is 4.68 Å². The normalized spacial score (nSPS) is 10.5. The zero-order valence-electron chi connectivity index (χ0n) is 15.5. The highest BCUT2D eigenvalue weighted by molar-refractivity contribution is 6.30. The average Bonchev–Trinajstić information content (AvgIpc) is 2.67. The van der Waals surface area contributed by atoms with E-state index in [0.717, 1.165) is 5.56 Å². The van der Waals surface area contributed by atoms with Crippen LogP contribution in [0.25, 0.3) is 0 Å². The largest absolute Gasteiger partial charge is 0.403 e. The minimum atomic E-state index is -0.250. The molecule has 0 aliphatic rings. The fourth-order valence-electron chi connectivity index (χ4n) is 2.33. The molecule has 0 saturated carbocycles. The van der Waals surface area contributed by atoms with Crippen LogP contribution in [-0.4, -0.2) is 37.8 Å². The van der Waals surface area contributed by atoms with Crippen LogP contribution >= 0.6 is 11.6 Å². The number of ether oxygens (including phenoxy) is 1. The molecule has 0 saturated heterocycles. The third-order valence-corrected chi connectivity index (χ3v) is 3.82. The lowest BCUT2D eigenvalue weighted by atomic mass is 10.2. The van der Waals surface area contributed by atoms with Crippen LogP contribution in [0, 0.1) is 0 Å². The highest BCUT2D eigenvalue weighted by Gasteiger charge is 2.10. The van der Waals surface area contributed by atoms with Crippen molar-refractivity contribution < 1.29 is 4.74 Å². The van der Waals surface area contributed by atoms with Crippen molar-refractivity contribution in [2.24, 2.45) is 0 Å². The van der Waals surface area contributed by atoms with Crippen LogP contribution in [0.2, 0.25) is 5.02 Å². The second kappa shape index (κ2) is 9.14. The van der Waals surface area contributed by atoms with E-state index in [1.54, 1.807) is 12.1 Å². The molecule has 28 heavy (non-hydrogen) atoms. The molecule has 2 heterocycles. The predicted octanol–water partition coefficient (Wildman–Crippen LogP) is 2.79. The molecule has 0 atom stereocenters. The van der Waals surface area contributed by atoms with Crippen molar-refractivity contribution >= 4 is 23.5 Å². The minimum Gasteiger partial charge on any atom is -0.403 e. The molecule has 0 fully saturated rings. The lowest BCUT2D eigenvalue weighted by Gasteiger charge is -2.10. The molecule has 0 radical (unpaired) electrons. The fraction of sp³-hybridized carbons (Fsp3) is 0.278. The Morgan fingerprint density at radius 2 is 1.61 bits per heavy atom. The first-order valence-electron chi connectivity index (χ1n) is 8.81. The molecule has 1 aromatic carbocycles. The summed E-state index contributed by atoms with van der Waals surface area (Å²) in [5.41, 5.74) is 0.639. The van der Waals surface area contributed by atoms with Crippen molar-refractivity contribution in [2.45, 2.75) is 20.4 Å². The smallest absolute Gasteiger partial charge is 0.330 e. The van der Waals surface area contributed by atoms with Crippen molar-refractivity contribution in [3.05, 3.63) is 57.3 Å². The first kappa shape index (κ1) is 19.6. The van der Waals surface area contributed by atoms with Gasteiger partial charge in [-0.15, -0.1) is 5.10 Å². The van der Waals surface area contributed by atoms with Gasteiger partial charge in [0.15, 0.2) is 0 Å². The van der Waals surface area contributed by atoms with Gasteiger partial charge in [-0.05, 0) is 31.5 Å². The molecule has 0 unspecified atom stereocenters. The molecular formula is C18H20ClN7O2. The van der Waals surface area contributed by atoms with Crippen LogP contribution in [0.5, 0.6) is 11.9 Å². The molecule has 0 aliphatic carbocycles. The molecule has 2 N–H and O–H groups in total. The summed E-state index contributed by atoms with van der Waals surface area (Å²) in [4.78, 5) is 24.8. The molecule has 9 nitrogen and oxygen atoms in total. The highest BCUT2D eigenvalue weighted by Crippen LogP contribution is 2.17. The van der Waals surface area contributed by atoms with E-state index >= 15 is 0 Å². The number of nitrogens with zero attached hydrogens (tertiary/aromatic N) is 5. The molecule has 0 spiro atoms. The lowest BCUT2D eigenvalue weighted by molar-refractivity contribution is 0.403. The van der Waals surface area contributed by atoms with Crippen LogP contribution in [0.3, 0.4) is 0 Å². The molecule has 3 rings (SSSR count). The molecular weight excluding hydrogens is 382 g/mol. The van der Waals surface area contributed by atoms with E-state index in [4.69, 9.17) is 16.3 Å². The Bertz CT molecular complexity index is 968. The van der Waals surface area contributed by atoms with Crippen molar-refractivity contribution in [2.75, 3.05) is 23.7 Å². The molecule has 2 aromatic heterocycles. The van der Waals surface area contributed by atoms with E-state index in [9.17, 15) is 4.79 Å². The summed E-state index contributed by atoms with van der Waals surface area (Å²) in [6.07, 6.45) is 0. The van der Waals surface area contributed by atoms with Crippen LogP contribution < -0.4 is 20.9 Å². The van der Waals surface area contributed by atoms with E-state index in [1.165, 1.54) is 16.8 Å². The number of hydrogen-bond acceptors (Lipinski definition) is 8. The third kappa shape index (κ3) is 5.17. The predicted molar refractivity (Wildman–Crippen MR) is 107 cm³/mol. The van der Waals surface area contributed by atoms with Crippen molar-refractivity contribution in [3.8, 4) is 11.9 Å². The Balaban J connectivity index is 1.84. The van der Waals surface area contributed by atoms with Gasteiger partial charge in [-0.1, -0.05) is 23.7 Å². The van der Waals surface area contributed by atoms with Crippen molar-refractivity contribution in [1.29, 1.82) is 0 Å². The summed E-state index contributed by atoms with van der Waals surface area (Å²) < 4.78 is 6.97. The highest BCUT2D eigenvalue weighted by atomic mass is 35.5. The standard InChI is InChI=1S/C18H20ClN7O2/c1-3-20-16-22-17(21-4-2)24-18(23-16)28-14-9-10-15(27)26(25-14)11-12-5-7-13(19)8-6-12/h5-10H,3-4,11H2,1-2H3,(H2,20,21,22,23,24). The summed E-state index contributed by atoms with van der Waals surface area (Å²) in [6, 6.07) is 10.1. The number of rotatable bonds is 8. The zero-order chi connectivity index (χ0) is 19.9. The molecule has 146 valence electrons. The number of benzene rings is 1. The monoisotopic (exact) mass is 401 g/mol.